The predicted molar refractivity (Wildman–Crippen MR) is 93.1 cm³/mol. The van der Waals surface area contributed by atoms with Gasteiger partial charge in [-0.15, -0.1) is 0 Å². The average molecular weight is 366 g/mol. The lowest BCUT2D eigenvalue weighted by Crippen LogP contribution is -2.51. The van der Waals surface area contributed by atoms with Gasteiger partial charge in [-0.2, -0.15) is 0 Å². The molecule has 1 aliphatic heterocycles. The smallest absolute Gasteiger partial charge is 0.0667 e. The summed E-state index contributed by atoms with van der Waals surface area (Å²) < 4.78 is 0.937. The van der Waals surface area contributed by atoms with Crippen LogP contribution in [0.15, 0.2) is 53.0 Å². The minimum absolute atomic E-state index is 0.333. The number of halogens is 2. The third-order valence-corrected chi connectivity index (χ3v) is 5.16. The van der Waals surface area contributed by atoms with Crippen molar-refractivity contribution in [2.24, 2.45) is 0 Å². The Hall–Kier alpha value is -1.03. The van der Waals surface area contributed by atoms with Crippen LogP contribution in [0, 0.1) is 0 Å². The first-order valence-electron chi connectivity index (χ1n) is 7.15. The highest BCUT2D eigenvalue weighted by Gasteiger charge is 2.27. The Bertz CT molecular complexity index is 617. The number of piperazine rings is 1. The lowest BCUT2D eigenvalue weighted by Gasteiger charge is -2.41. The summed E-state index contributed by atoms with van der Waals surface area (Å²) in [5.41, 5.74) is 2.50. The predicted octanol–water partition coefficient (Wildman–Crippen LogP) is 4.64. The highest BCUT2D eigenvalue weighted by atomic mass is 79.9. The van der Waals surface area contributed by atoms with Gasteiger partial charge in [0.2, 0.25) is 0 Å². The van der Waals surface area contributed by atoms with Gasteiger partial charge in [0.05, 0.1) is 11.1 Å². The molecular formula is C17H18BrClN2. The van der Waals surface area contributed by atoms with Crippen molar-refractivity contribution in [3.05, 3.63) is 63.6 Å². The molecule has 1 aliphatic rings. The zero-order valence-electron chi connectivity index (χ0n) is 11.9. The van der Waals surface area contributed by atoms with Gasteiger partial charge in [-0.1, -0.05) is 41.9 Å². The Kier molecular flexibility index (Phi) is 4.53. The molecule has 0 amide bonds. The monoisotopic (exact) mass is 364 g/mol. The molecule has 1 N–H and O–H groups in total. The largest absolute Gasteiger partial charge is 0.362 e. The minimum atomic E-state index is 0.333. The fourth-order valence-corrected chi connectivity index (χ4v) is 3.25. The molecule has 1 saturated heterocycles. The van der Waals surface area contributed by atoms with E-state index >= 15 is 0 Å². The molecule has 2 atom stereocenters. The SMILES string of the molecule is CC1CN(c2ccc(Br)c(Cl)c2)C(c2ccccc2)CN1. The van der Waals surface area contributed by atoms with Crippen LogP contribution in [0.4, 0.5) is 5.69 Å². The lowest BCUT2D eigenvalue weighted by molar-refractivity contribution is 0.416. The van der Waals surface area contributed by atoms with E-state index in [1.54, 1.807) is 0 Å². The van der Waals surface area contributed by atoms with Crippen LogP contribution in [0.25, 0.3) is 0 Å². The number of nitrogens with one attached hydrogen (secondary N) is 1. The molecule has 0 spiro atoms. The molecule has 0 bridgehead atoms. The minimum Gasteiger partial charge on any atom is -0.362 e. The van der Waals surface area contributed by atoms with Crippen molar-refractivity contribution in [3.63, 3.8) is 0 Å². The molecule has 2 aromatic carbocycles. The molecule has 2 aromatic rings. The fraction of sp³-hybridized carbons (Fsp3) is 0.294. The molecule has 2 unspecified atom stereocenters. The summed E-state index contributed by atoms with van der Waals surface area (Å²) in [5, 5.41) is 4.33. The third kappa shape index (κ3) is 3.25. The van der Waals surface area contributed by atoms with Crippen LogP contribution in [-0.2, 0) is 0 Å². The molecular weight excluding hydrogens is 348 g/mol. The molecule has 1 fully saturated rings. The number of nitrogens with zero attached hydrogens (tertiary/aromatic N) is 1. The Labute approximate surface area is 139 Å². The maximum atomic E-state index is 6.27. The number of hydrogen-bond acceptors (Lipinski definition) is 2. The average Bonchev–Trinajstić information content (AvgIpc) is 2.51. The van der Waals surface area contributed by atoms with Crippen molar-refractivity contribution in [1.29, 1.82) is 0 Å². The van der Waals surface area contributed by atoms with E-state index in [-0.39, 0.29) is 0 Å². The highest BCUT2D eigenvalue weighted by molar-refractivity contribution is 9.10. The topological polar surface area (TPSA) is 15.3 Å². The zero-order chi connectivity index (χ0) is 14.8. The van der Waals surface area contributed by atoms with Crippen LogP contribution in [0.3, 0.4) is 0 Å². The van der Waals surface area contributed by atoms with Crippen LogP contribution in [-0.4, -0.2) is 19.1 Å². The van der Waals surface area contributed by atoms with Gasteiger partial charge in [-0.3, -0.25) is 0 Å². The normalized spacial score (nSPS) is 22.3. The maximum absolute atomic E-state index is 6.27. The fourth-order valence-electron chi connectivity index (χ4n) is 2.83. The van der Waals surface area contributed by atoms with Gasteiger partial charge < -0.3 is 10.2 Å². The van der Waals surface area contributed by atoms with E-state index in [0.717, 1.165) is 22.6 Å². The van der Waals surface area contributed by atoms with E-state index in [0.29, 0.717) is 12.1 Å². The van der Waals surface area contributed by atoms with E-state index < -0.39 is 0 Å². The van der Waals surface area contributed by atoms with Crippen LogP contribution < -0.4 is 10.2 Å². The summed E-state index contributed by atoms with van der Waals surface area (Å²) in [6.45, 7) is 4.13. The van der Waals surface area contributed by atoms with Crippen molar-refractivity contribution >= 4 is 33.2 Å². The first kappa shape index (κ1) is 14.9. The number of hydrogen-bond donors (Lipinski definition) is 1. The summed E-state index contributed by atoms with van der Waals surface area (Å²) in [7, 11) is 0. The molecule has 2 nitrogen and oxygen atoms in total. The van der Waals surface area contributed by atoms with Crippen LogP contribution in [0.5, 0.6) is 0 Å². The van der Waals surface area contributed by atoms with E-state index in [1.165, 1.54) is 11.3 Å². The van der Waals surface area contributed by atoms with Gasteiger partial charge in [-0.25, -0.2) is 0 Å². The highest BCUT2D eigenvalue weighted by Crippen LogP contribution is 2.33. The van der Waals surface area contributed by atoms with Gasteiger partial charge in [-0.05, 0) is 46.6 Å². The van der Waals surface area contributed by atoms with E-state index in [9.17, 15) is 0 Å². The standard InChI is InChI=1S/C17H18BrClN2/c1-12-11-21(14-7-8-15(18)16(19)9-14)17(10-20-12)13-5-3-2-4-6-13/h2-9,12,17,20H,10-11H2,1H3. The Morgan fingerprint density at radius 3 is 2.67 bits per heavy atom. The molecule has 0 aromatic heterocycles. The first-order chi connectivity index (χ1) is 10.1. The molecule has 0 radical (unpaired) electrons. The van der Waals surface area contributed by atoms with Crippen molar-refractivity contribution < 1.29 is 0 Å². The lowest BCUT2D eigenvalue weighted by atomic mass is 10.0. The summed E-state index contributed by atoms with van der Waals surface area (Å²) in [4.78, 5) is 2.44. The van der Waals surface area contributed by atoms with Crippen molar-refractivity contribution in [3.8, 4) is 0 Å². The second-order valence-electron chi connectivity index (χ2n) is 5.49. The molecule has 3 rings (SSSR count). The third-order valence-electron chi connectivity index (χ3n) is 3.93. The maximum Gasteiger partial charge on any atom is 0.0667 e. The Morgan fingerprint density at radius 2 is 1.95 bits per heavy atom. The van der Waals surface area contributed by atoms with Crippen LogP contribution in [0.1, 0.15) is 18.5 Å². The second-order valence-corrected chi connectivity index (χ2v) is 6.75. The zero-order valence-corrected chi connectivity index (χ0v) is 14.2. The van der Waals surface area contributed by atoms with Crippen molar-refractivity contribution in [2.75, 3.05) is 18.0 Å². The van der Waals surface area contributed by atoms with Gasteiger partial charge in [0.25, 0.3) is 0 Å². The summed E-state index contributed by atoms with van der Waals surface area (Å²) in [6.07, 6.45) is 0. The molecule has 110 valence electrons. The van der Waals surface area contributed by atoms with E-state index in [4.69, 9.17) is 11.6 Å². The quantitative estimate of drug-likeness (QED) is 0.834. The molecule has 21 heavy (non-hydrogen) atoms. The summed E-state index contributed by atoms with van der Waals surface area (Å²) >= 11 is 9.74. The van der Waals surface area contributed by atoms with Gasteiger partial charge in [0.15, 0.2) is 0 Å². The molecule has 0 saturated carbocycles. The molecule has 1 heterocycles. The van der Waals surface area contributed by atoms with Gasteiger partial charge in [0.1, 0.15) is 0 Å². The van der Waals surface area contributed by atoms with Crippen LogP contribution in [0.2, 0.25) is 5.02 Å². The Morgan fingerprint density at radius 1 is 1.19 bits per heavy atom. The molecule has 4 heteroatoms. The number of anilines is 1. The van der Waals surface area contributed by atoms with E-state index in [1.807, 2.05) is 12.1 Å². The van der Waals surface area contributed by atoms with Crippen molar-refractivity contribution in [2.45, 2.75) is 19.0 Å². The Balaban J connectivity index is 1.96. The number of benzene rings is 2. The molecule has 0 aliphatic carbocycles. The first-order valence-corrected chi connectivity index (χ1v) is 8.32. The van der Waals surface area contributed by atoms with Gasteiger partial charge in [0, 0.05) is 29.3 Å². The van der Waals surface area contributed by atoms with Gasteiger partial charge >= 0.3 is 0 Å². The second kappa shape index (κ2) is 6.39. The number of rotatable bonds is 2. The van der Waals surface area contributed by atoms with Crippen LogP contribution >= 0.6 is 27.5 Å². The summed E-state index contributed by atoms with van der Waals surface area (Å²) in [5.74, 6) is 0. The van der Waals surface area contributed by atoms with E-state index in [2.05, 4.69) is 69.5 Å². The summed E-state index contributed by atoms with van der Waals surface area (Å²) in [6, 6.07) is 17.6. The van der Waals surface area contributed by atoms with Crippen molar-refractivity contribution in [1.82, 2.24) is 5.32 Å².